The number of nitrogens with one attached hydrogen (secondary N) is 1. The van der Waals surface area contributed by atoms with Gasteiger partial charge in [0.05, 0.1) is 12.2 Å². The highest BCUT2D eigenvalue weighted by atomic mass is 16.3. The van der Waals surface area contributed by atoms with E-state index in [2.05, 4.69) is 10.4 Å². The molecule has 7 heteroatoms. The highest BCUT2D eigenvalue weighted by molar-refractivity contribution is 5.38. The maximum Gasteiger partial charge on any atom is 0.147 e. The van der Waals surface area contributed by atoms with E-state index < -0.39 is 18.1 Å². The first kappa shape index (κ1) is 20.1. The van der Waals surface area contributed by atoms with E-state index in [1.165, 1.54) is 18.2 Å². The van der Waals surface area contributed by atoms with Gasteiger partial charge >= 0.3 is 0 Å². The number of anilines is 1. The first-order chi connectivity index (χ1) is 12.3. The average Bonchev–Trinajstić information content (AvgIpc) is 2.96. The zero-order valence-corrected chi connectivity index (χ0v) is 15.5. The third-order valence-electron chi connectivity index (χ3n) is 4.37. The summed E-state index contributed by atoms with van der Waals surface area (Å²) in [5.41, 5.74) is 0.393. The van der Waals surface area contributed by atoms with Gasteiger partial charge in [-0.25, -0.2) is 0 Å². The lowest BCUT2D eigenvalue weighted by atomic mass is 9.83. The maximum atomic E-state index is 10.7. The van der Waals surface area contributed by atoms with Gasteiger partial charge in [0.25, 0.3) is 0 Å². The second-order valence-corrected chi connectivity index (χ2v) is 7.18. The smallest absolute Gasteiger partial charge is 0.147 e. The van der Waals surface area contributed by atoms with E-state index in [1.54, 1.807) is 4.68 Å². The average molecular weight is 363 g/mol. The van der Waals surface area contributed by atoms with Crippen LogP contribution in [0.3, 0.4) is 0 Å². The van der Waals surface area contributed by atoms with Gasteiger partial charge in [-0.3, -0.25) is 4.68 Å². The molecule has 1 heterocycles. The lowest BCUT2D eigenvalue weighted by Gasteiger charge is -2.29. The molecule has 5 N–H and O–H groups in total. The van der Waals surface area contributed by atoms with E-state index in [-0.39, 0.29) is 17.4 Å². The van der Waals surface area contributed by atoms with Crippen molar-refractivity contribution < 1.29 is 20.4 Å². The van der Waals surface area contributed by atoms with Gasteiger partial charge in [0.15, 0.2) is 0 Å². The first-order valence-corrected chi connectivity index (χ1v) is 8.89. The van der Waals surface area contributed by atoms with Crippen LogP contribution in [0.2, 0.25) is 0 Å². The summed E-state index contributed by atoms with van der Waals surface area (Å²) in [4.78, 5) is 0. The van der Waals surface area contributed by atoms with Crippen molar-refractivity contribution in [2.75, 3.05) is 11.9 Å². The number of phenols is 2. The SMILES string of the molecule is CC(C)C[C@H]([C@H](O)CCNc1ccn(C)n1)[C@@H](O)c1cc(O)cc(O)c1. The molecule has 7 nitrogen and oxygen atoms in total. The molecule has 0 aliphatic heterocycles. The molecular weight excluding hydrogens is 334 g/mol. The van der Waals surface area contributed by atoms with Crippen LogP contribution in [-0.2, 0) is 7.05 Å². The Kier molecular flexibility index (Phi) is 6.88. The van der Waals surface area contributed by atoms with Crippen molar-refractivity contribution in [1.82, 2.24) is 9.78 Å². The number of rotatable bonds is 9. The summed E-state index contributed by atoms with van der Waals surface area (Å²) in [6.45, 7) is 4.57. The van der Waals surface area contributed by atoms with Crippen LogP contribution in [0, 0.1) is 11.8 Å². The minimum atomic E-state index is -0.986. The molecule has 3 atom stereocenters. The Morgan fingerprint density at radius 3 is 2.31 bits per heavy atom. The van der Waals surface area contributed by atoms with Crippen molar-refractivity contribution >= 4 is 5.82 Å². The lowest BCUT2D eigenvalue weighted by Crippen LogP contribution is -2.30. The number of aliphatic hydroxyl groups is 2. The van der Waals surface area contributed by atoms with Crippen molar-refractivity contribution in [2.45, 2.75) is 38.9 Å². The van der Waals surface area contributed by atoms with Crippen LogP contribution in [0.1, 0.15) is 38.4 Å². The number of benzene rings is 1. The van der Waals surface area contributed by atoms with Crippen molar-refractivity contribution in [3.05, 3.63) is 36.0 Å². The number of hydrogen-bond acceptors (Lipinski definition) is 6. The fourth-order valence-corrected chi connectivity index (χ4v) is 3.15. The molecule has 0 saturated heterocycles. The molecule has 0 aliphatic rings. The van der Waals surface area contributed by atoms with E-state index in [0.717, 1.165) is 5.82 Å². The Morgan fingerprint density at radius 2 is 1.77 bits per heavy atom. The number of phenolic OH excluding ortho intramolecular Hbond substituents is 2. The van der Waals surface area contributed by atoms with Crippen LogP contribution >= 0.6 is 0 Å². The summed E-state index contributed by atoms with van der Waals surface area (Å²) < 4.78 is 1.69. The summed E-state index contributed by atoms with van der Waals surface area (Å²) >= 11 is 0. The monoisotopic (exact) mass is 363 g/mol. The Morgan fingerprint density at radius 1 is 1.12 bits per heavy atom. The third-order valence-corrected chi connectivity index (χ3v) is 4.37. The summed E-state index contributed by atoms with van der Waals surface area (Å²) in [6.07, 6.45) is 1.16. The topological polar surface area (TPSA) is 111 Å². The summed E-state index contributed by atoms with van der Waals surface area (Å²) in [6, 6.07) is 5.89. The molecular formula is C19H29N3O4. The van der Waals surface area contributed by atoms with Crippen LogP contribution in [0.15, 0.2) is 30.5 Å². The highest BCUT2D eigenvalue weighted by Crippen LogP contribution is 2.34. The first-order valence-electron chi connectivity index (χ1n) is 8.89. The minimum absolute atomic E-state index is 0.117. The molecule has 144 valence electrons. The van der Waals surface area contributed by atoms with Crippen molar-refractivity contribution in [3.63, 3.8) is 0 Å². The Hall–Kier alpha value is -2.25. The van der Waals surface area contributed by atoms with Crippen LogP contribution in [0.5, 0.6) is 11.5 Å². The standard InChI is InChI=1S/C19H29N3O4/c1-12(2)8-16(19(26)13-9-14(23)11-15(24)10-13)17(25)4-6-20-18-5-7-22(3)21-18/h5,7,9-12,16-17,19,23-26H,4,6,8H2,1-3H3,(H,20,21)/t16-,17-,19+/m1/s1. The van der Waals surface area contributed by atoms with Gasteiger partial charge in [0.2, 0.25) is 0 Å². The van der Waals surface area contributed by atoms with Crippen LogP contribution < -0.4 is 5.32 Å². The van der Waals surface area contributed by atoms with Gasteiger partial charge in [0, 0.05) is 37.8 Å². The summed E-state index contributed by atoms with van der Waals surface area (Å²) in [5, 5.41) is 48.1. The quantitative estimate of drug-likeness (QED) is 0.468. The molecule has 0 radical (unpaired) electrons. The lowest BCUT2D eigenvalue weighted by molar-refractivity contribution is -0.00187. The zero-order valence-electron chi connectivity index (χ0n) is 15.5. The van der Waals surface area contributed by atoms with Gasteiger partial charge < -0.3 is 25.7 Å². The molecule has 0 fully saturated rings. The molecule has 0 saturated carbocycles. The van der Waals surface area contributed by atoms with Gasteiger partial charge in [-0.15, -0.1) is 0 Å². The van der Waals surface area contributed by atoms with Crippen molar-refractivity contribution in [3.8, 4) is 11.5 Å². The Labute approximate surface area is 153 Å². The molecule has 0 bridgehead atoms. The number of aromatic hydroxyl groups is 2. The van der Waals surface area contributed by atoms with Crippen molar-refractivity contribution in [1.29, 1.82) is 0 Å². The molecule has 0 amide bonds. The number of aromatic nitrogens is 2. The van der Waals surface area contributed by atoms with E-state index >= 15 is 0 Å². The van der Waals surface area contributed by atoms with Crippen LogP contribution in [-0.4, -0.2) is 42.9 Å². The fraction of sp³-hybridized carbons (Fsp3) is 0.526. The van der Waals surface area contributed by atoms with Gasteiger partial charge in [0.1, 0.15) is 17.3 Å². The fourth-order valence-electron chi connectivity index (χ4n) is 3.15. The Balaban J connectivity index is 2.04. The van der Waals surface area contributed by atoms with Gasteiger partial charge in [-0.1, -0.05) is 13.8 Å². The second kappa shape index (κ2) is 8.91. The molecule has 26 heavy (non-hydrogen) atoms. The largest absolute Gasteiger partial charge is 0.508 e. The van der Waals surface area contributed by atoms with E-state index in [4.69, 9.17) is 0 Å². The molecule has 0 unspecified atom stereocenters. The minimum Gasteiger partial charge on any atom is -0.508 e. The van der Waals surface area contributed by atoms with E-state index in [1.807, 2.05) is 33.2 Å². The van der Waals surface area contributed by atoms with Gasteiger partial charge in [-0.05, 0) is 36.5 Å². The number of nitrogens with zero attached hydrogens (tertiary/aromatic N) is 2. The summed E-state index contributed by atoms with van der Waals surface area (Å²) in [7, 11) is 1.83. The number of hydrogen-bond donors (Lipinski definition) is 5. The molecule has 1 aromatic carbocycles. The molecule has 1 aromatic heterocycles. The Bertz CT molecular complexity index is 682. The van der Waals surface area contributed by atoms with Crippen LogP contribution in [0.4, 0.5) is 5.82 Å². The number of aliphatic hydroxyl groups excluding tert-OH is 2. The molecule has 2 rings (SSSR count). The van der Waals surface area contributed by atoms with E-state index in [0.29, 0.717) is 24.9 Å². The number of aryl methyl sites for hydroxylation is 1. The van der Waals surface area contributed by atoms with Crippen molar-refractivity contribution in [2.24, 2.45) is 18.9 Å². The predicted octanol–water partition coefficient (Wildman–Crippen LogP) is 2.39. The second-order valence-electron chi connectivity index (χ2n) is 7.18. The van der Waals surface area contributed by atoms with Crippen LogP contribution in [0.25, 0.3) is 0 Å². The molecule has 0 spiro atoms. The van der Waals surface area contributed by atoms with Gasteiger partial charge in [-0.2, -0.15) is 5.10 Å². The normalized spacial score (nSPS) is 15.0. The summed E-state index contributed by atoms with van der Waals surface area (Å²) in [5.74, 6) is 0.363. The predicted molar refractivity (Wildman–Crippen MR) is 100.0 cm³/mol. The third kappa shape index (κ3) is 5.64. The maximum absolute atomic E-state index is 10.7. The molecule has 2 aromatic rings. The highest BCUT2D eigenvalue weighted by Gasteiger charge is 2.29. The zero-order chi connectivity index (χ0) is 19.3. The molecule has 0 aliphatic carbocycles. The van der Waals surface area contributed by atoms with E-state index in [9.17, 15) is 20.4 Å².